The molecule has 1 aromatic heterocycles. The van der Waals surface area contributed by atoms with Crippen LogP contribution in [0.3, 0.4) is 0 Å². The topological polar surface area (TPSA) is 4.93 Å². The molecule has 0 amide bonds. The van der Waals surface area contributed by atoms with Gasteiger partial charge in [-0.15, -0.1) is 0 Å². The van der Waals surface area contributed by atoms with Crippen molar-refractivity contribution in [1.82, 2.24) is 4.57 Å². The molecule has 1 heterocycles. The fourth-order valence-corrected chi connectivity index (χ4v) is 10.4. The lowest BCUT2D eigenvalue weighted by Crippen LogP contribution is -1.93. The molecule has 1 nitrogen and oxygen atoms in total. The number of aromatic nitrogens is 1. The van der Waals surface area contributed by atoms with Crippen LogP contribution in [0.15, 0.2) is 188 Å². The maximum absolute atomic E-state index is 2.53. The molecule has 1 heteroatoms. The summed E-state index contributed by atoms with van der Waals surface area (Å²) in [6, 6.07) is 70.1. The first kappa shape index (κ1) is 29.3. The Morgan fingerprint density at radius 3 is 1.44 bits per heavy atom. The van der Waals surface area contributed by atoms with Gasteiger partial charge in [0.2, 0.25) is 0 Å². The van der Waals surface area contributed by atoms with E-state index in [1.54, 1.807) is 0 Å². The average molecular weight is 694 g/mol. The van der Waals surface area contributed by atoms with Gasteiger partial charge in [0.05, 0.1) is 11.0 Å². The molecule has 0 atom stereocenters. The van der Waals surface area contributed by atoms with Gasteiger partial charge in [0, 0.05) is 16.5 Å². The van der Waals surface area contributed by atoms with E-state index >= 15 is 0 Å². The Hall–Kier alpha value is -7.22. The van der Waals surface area contributed by atoms with Crippen LogP contribution in [0.25, 0.3) is 125 Å². The predicted octanol–water partition coefficient (Wildman–Crippen LogP) is 15.1. The summed E-state index contributed by atoms with van der Waals surface area (Å²) in [4.78, 5) is 0. The first-order valence-electron chi connectivity index (χ1n) is 19.2. The van der Waals surface area contributed by atoms with E-state index in [1.165, 1.54) is 125 Å². The molecule has 0 aliphatic carbocycles. The van der Waals surface area contributed by atoms with E-state index in [4.69, 9.17) is 0 Å². The maximum Gasteiger partial charge on any atom is 0.0553 e. The van der Waals surface area contributed by atoms with Crippen molar-refractivity contribution in [3.8, 4) is 27.9 Å². The summed E-state index contributed by atoms with van der Waals surface area (Å²) in [7, 11) is 0. The number of benzene rings is 10. The summed E-state index contributed by atoms with van der Waals surface area (Å²) in [5.41, 5.74) is 8.73. The molecule has 252 valence electrons. The monoisotopic (exact) mass is 693 g/mol. The van der Waals surface area contributed by atoms with Gasteiger partial charge in [-0.05, 0) is 128 Å². The minimum Gasteiger partial charge on any atom is -0.309 e. The Morgan fingerprint density at radius 1 is 0.236 bits per heavy atom. The third-order valence-electron chi connectivity index (χ3n) is 12.4. The van der Waals surface area contributed by atoms with Gasteiger partial charge in [0.15, 0.2) is 0 Å². The van der Waals surface area contributed by atoms with Crippen molar-refractivity contribution >= 4 is 97.2 Å². The average Bonchev–Trinajstić information content (AvgIpc) is 3.88. The molecule has 0 fully saturated rings. The van der Waals surface area contributed by atoms with Gasteiger partial charge in [-0.1, -0.05) is 158 Å². The highest BCUT2D eigenvalue weighted by atomic mass is 15.0. The van der Waals surface area contributed by atoms with Crippen LogP contribution in [0.5, 0.6) is 0 Å². The Morgan fingerprint density at radius 2 is 0.727 bits per heavy atom. The van der Waals surface area contributed by atoms with Crippen molar-refractivity contribution in [2.24, 2.45) is 0 Å². The fourth-order valence-electron chi connectivity index (χ4n) is 10.4. The van der Waals surface area contributed by atoms with Crippen LogP contribution in [-0.2, 0) is 0 Å². The van der Waals surface area contributed by atoms with Gasteiger partial charge >= 0.3 is 0 Å². The summed E-state index contributed by atoms with van der Waals surface area (Å²) >= 11 is 0. The Bertz CT molecular complexity index is 3670. The van der Waals surface area contributed by atoms with E-state index in [-0.39, 0.29) is 0 Å². The van der Waals surface area contributed by atoms with E-state index in [9.17, 15) is 0 Å². The van der Waals surface area contributed by atoms with Crippen LogP contribution in [0, 0.1) is 0 Å². The highest BCUT2D eigenvalue weighted by Gasteiger charge is 2.28. The SMILES string of the molecule is c1ccc(-c2c3cc4c5ccccc5c5cccc(c3c(-c3ccccc3)c3c6cc7c(c8cccc(c23)c68)c2ccccc2n7-c2ccccc2)c54)cc1. The van der Waals surface area contributed by atoms with E-state index in [0.29, 0.717) is 0 Å². The molecule has 0 N–H and O–H groups in total. The molecule has 13 rings (SSSR count). The van der Waals surface area contributed by atoms with Gasteiger partial charge in [0.1, 0.15) is 0 Å². The normalized spacial score (nSPS) is 12.4. The molecule has 55 heavy (non-hydrogen) atoms. The molecule has 0 bridgehead atoms. The number of hydrogen-bond acceptors (Lipinski definition) is 0. The molecule has 0 saturated carbocycles. The lowest BCUT2D eigenvalue weighted by molar-refractivity contribution is 1.18. The molecule has 0 radical (unpaired) electrons. The number of nitrogens with zero attached hydrogens (tertiary/aromatic N) is 1. The summed E-state index contributed by atoms with van der Waals surface area (Å²) in [5.74, 6) is 0. The molecular weight excluding hydrogens is 663 g/mol. The molecule has 0 unspecified atom stereocenters. The summed E-state index contributed by atoms with van der Waals surface area (Å²) in [6.45, 7) is 0. The summed E-state index contributed by atoms with van der Waals surface area (Å²) < 4.78 is 2.47. The molecule has 12 aromatic carbocycles. The van der Waals surface area contributed by atoms with Crippen LogP contribution in [0.2, 0.25) is 0 Å². The van der Waals surface area contributed by atoms with Gasteiger partial charge < -0.3 is 4.57 Å². The highest BCUT2D eigenvalue weighted by molar-refractivity contribution is 6.46. The second kappa shape index (κ2) is 10.7. The van der Waals surface area contributed by atoms with Crippen LogP contribution in [0.1, 0.15) is 0 Å². The Kier molecular flexibility index (Phi) is 5.69. The second-order valence-electron chi connectivity index (χ2n) is 15.1. The van der Waals surface area contributed by atoms with Crippen LogP contribution >= 0.6 is 0 Å². The molecule has 0 saturated heterocycles. The zero-order valence-electron chi connectivity index (χ0n) is 29.8. The predicted molar refractivity (Wildman–Crippen MR) is 237 cm³/mol. The zero-order valence-corrected chi connectivity index (χ0v) is 29.8. The van der Waals surface area contributed by atoms with Crippen molar-refractivity contribution in [2.75, 3.05) is 0 Å². The Labute approximate surface area is 316 Å². The van der Waals surface area contributed by atoms with Gasteiger partial charge in [-0.25, -0.2) is 0 Å². The fraction of sp³-hybridized carbons (Fsp3) is 0. The molecule has 13 aromatic rings. The number of rotatable bonds is 3. The standard InChI is InChI=1S/C54H31N/c1-4-16-32(17-5-1)47-43-30-42-36-23-11-10-22-35(36)37-25-14-27-40(49(37)42)52(43)48(33-18-6-2-7-19-33)54-44-31-46-51(39-26-15-28-41(50(39)44)53(47)54)38-24-12-13-29-45(38)55(46)34-20-8-3-9-21-34/h1-31H. The van der Waals surface area contributed by atoms with Crippen molar-refractivity contribution in [3.63, 3.8) is 0 Å². The smallest absolute Gasteiger partial charge is 0.0553 e. The van der Waals surface area contributed by atoms with E-state index < -0.39 is 0 Å². The molecular formula is C54H31N. The van der Waals surface area contributed by atoms with Crippen molar-refractivity contribution in [2.45, 2.75) is 0 Å². The van der Waals surface area contributed by atoms with Gasteiger partial charge in [0.25, 0.3) is 0 Å². The van der Waals surface area contributed by atoms with Gasteiger partial charge in [-0.3, -0.25) is 0 Å². The number of fused-ring (bicyclic) bond motifs is 12. The first-order valence-corrected chi connectivity index (χ1v) is 19.2. The van der Waals surface area contributed by atoms with E-state index in [0.717, 1.165) is 0 Å². The molecule has 0 spiro atoms. The van der Waals surface area contributed by atoms with Crippen molar-refractivity contribution < 1.29 is 0 Å². The van der Waals surface area contributed by atoms with E-state index in [1.807, 2.05) is 0 Å². The third kappa shape index (κ3) is 3.72. The Balaban J connectivity index is 1.37. The van der Waals surface area contributed by atoms with Crippen LogP contribution < -0.4 is 0 Å². The quantitative estimate of drug-likeness (QED) is 0.162. The maximum atomic E-state index is 2.53. The first-order chi connectivity index (χ1) is 27.3. The summed E-state index contributed by atoms with van der Waals surface area (Å²) in [5, 5.41) is 21.1. The van der Waals surface area contributed by atoms with Crippen LogP contribution in [0.4, 0.5) is 0 Å². The molecule has 0 aliphatic rings. The largest absolute Gasteiger partial charge is 0.309 e. The lowest BCUT2D eigenvalue weighted by atomic mass is 9.84. The van der Waals surface area contributed by atoms with Gasteiger partial charge in [-0.2, -0.15) is 0 Å². The highest BCUT2D eigenvalue weighted by Crippen LogP contribution is 2.55. The number of para-hydroxylation sites is 2. The lowest BCUT2D eigenvalue weighted by Gasteiger charge is -2.19. The van der Waals surface area contributed by atoms with Crippen LogP contribution in [-0.4, -0.2) is 4.57 Å². The van der Waals surface area contributed by atoms with Crippen molar-refractivity contribution in [3.05, 3.63) is 188 Å². The number of hydrogen-bond donors (Lipinski definition) is 0. The summed E-state index contributed by atoms with van der Waals surface area (Å²) in [6.07, 6.45) is 0. The van der Waals surface area contributed by atoms with Crippen molar-refractivity contribution in [1.29, 1.82) is 0 Å². The zero-order chi connectivity index (χ0) is 35.8. The minimum absolute atomic E-state index is 1.17. The second-order valence-corrected chi connectivity index (χ2v) is 15.1. The minimum atomic E-state index is 1.17. The molecule has 0 aliphatic heterocycles. The third-order valence-corrected chi connectivity index (χ3v) is 12.4. The van der Waals surface area contributed by atoms with E-state index in [2.05, 4.69) is 193 Å².